The van der Waals surface area contributed by atoms with Crippen LogP contribution in [0.1, 0.15) is 32.1 Å². The molecule has 2 N–H and O–H groups in total. The molecule has 1 aromatic heterocycles. The van der Waals surface area contributed by atoms with Gasteiger partial charge in [-0.15, -0.1) is 11.3 Å². The standard InChI is InChI=1S/C17H23N3O3S3/c1-26(22,23)20-13-7-8-14-15(9-13)25-17(19-14)24-11-16(21)18-10-12-5-3-2-4-6-12/h7-9,12,20H,2-6,10-11H2,1H3,(H,18,21). The molecule has 0 radical (unpaired) electrons. The highest BCUT2D eigenvalue weighted by atomic mass is 32.2. The number of amides is 1. The molecule has 0 unspecified atom stereocenters. The van der Waals surface area contributed by atoms with E-state index in [1.807, 2.05) is 0 Å². The molecule has 26 heavy (non-hydrogen) atoms. The number of nitrogens with zero attached hydrogens (tertiary/aromatic N) is 1. The van der Waals surface area contributed by atoms with Crippen LogP contribution in [0.3, 0.4) is 0 Å². The number of carbonyl (C=O) groups is 1. The Kier molecular flexibility index (Phi) is 6.42. The van der Waals surface area contributed by atoms with E-state index in [-0.39, 0.29) is 5.91 Å². The predicted octanol–water partition coefficient (Wildman–Crippen LogP) is 3.46. The van der Waals surface area contributed by atoms with Crippen LogP contribution in [0.5, 0.6) is 0 Å². The molecule has 1 heterocycles. The third-order valence-corrected chi connectivity index (χ3v) is 7.08. The van der Waals surface area contributed by atoms with E-state index in [4.69, 9.17) is 0 Å². The highest BCUT2D eigenvalue weighted by molar-refractivity contribution is 8.01. The summed E-state index contributed by atoms with van der Waals surface area (Å²) >= 11 is 2.88. The Labute approximate surface area is 162 Å². The minimum absolute atomic E-state index is 0.0410. The van der Waals surface area contributed by atoms with E-state index in [1.165, 1.54) is 55.2 Å². The van der Waals surface area contributed by atoms with Crippen molar-refractivity contribution in [2.75, 3.05) is 23.3 Å². The van der Waals surface area contributed by atoms with Gasteiger partial charge in [-0.2, -0.15) is 0 Å². The van der Waals surface area contributed by atoms with Gasteiger partial charge in [-0.3, -0.25) is 9.52 Å². The van der Waals surface area contributed by atoms with Crippen molar-refractivity contribution in [1.29, 1.82) is 0 Å². The molecule has 142 valence electrons. The van der Waals surface area contributed by atoms with Gasteiger partial charge in [0.05, 0.1) is 27.9 Å². The number of sulfonamides is 1. The summed E-state index contributed by atoms with van der Waals surface area (Å²) < 4.78 is 26.8. The maximum Gasteiger partial charge on any atom is 0.230 e. The molecule has 3 rings (SSSR count). The number of aromatic nitrogens is 1. The summed E-state index contributed by atoms with van der Waals surface area (Å²) in [5.41, 5.74) is 1.32. The molecular formula is C17H23N3O3S3. The Morgan fingerprint density at radius 3 is 2.81 bits per heavy atom. The van der Waals surface area contributed by atoms with Crippen molar-refractivity contribution >= 4 is 54.9 Å². The number of anilines is 1. The molecule has 1 aliphatic carbocycles. The monoisotopic (exact) mass is 413 g/mol. The van der Waals surface area contributed by atoms with Crippen molar-refractivity contribution in [2.45, 2.75) is 36.4 Å². The Morgan fingerprint density at radius 2 is 2.08 bits per heavy atom. The first-order valence-corrected chi connectivity index (χ1v) is 12.4. The fourth-order valence-electron chi connectivity index (χ4n) is 3.07. The van der Waals surface area contributed by atoms with E-state index in [0.29, 0.717) is 17.4 Å². The molecule has 6 nitrogen and oxygen atoms in total. The first kappa shape index (κ1) is 19.4. The van der Waals surface area contributed by atoms with Crippen LogP contribution in [0.2, 0.25) is 0 Å². The molecule has 0 aliphatic heterocycles. The first-order chi connectivity index (χ1) is 12.4. The Balaban J connectivity index is 1.52. The van der Waals surface area contributed by atoms with Crippen LogP contribution in [0.15, 0.2) is 22.5 Å². The average molecular weight is 414 g/mol. The number of hydrogen-bond donors (Lipinski definition) is 2. The minimum Gasteiger partial charge on any atom is -0.355 e. The summed E-state index contributed by atoms with van der Waals surface area (Å²) in [6, 6.07) is 5.24. The van der Waals surface area contributed by atoms with E-state index < -0.39 is 10.0 Å². The van der Waals surface area contributed by atoms with Gasteiger partial charge in [0, 0.05) is 6.54 Å². The normalized spacial score (nSPS) is 15.9. The third-order valence-electron chi connectivity index (χ3n) is 4.31. The van der Waals surface area contributed by atoms with E-state index in [1.54, 1.807) is 18.2 Å². The van der Waals surface area contributed by atoms with Crippen molar-refractivity contribution in [3.8, 4) is 0 Å². The Morgan fingerprint density at radius 1 is 1.31 bits per heavy atom. The van der Waals surface area contributed by atoms with Crippen molar-refractivity contribution in [3.05, 3.63) is 18.2 Å². The third kappa shape index (κ3) is 5.85. The largest absolute Gasteiger partial charge is 0.355 e. The lowest BCUT2D eigenvalue weighted by atomic mass is 9.89. The number of thioether (sulfide) groups is 1. The number of rotatable bonds is 7. The lowest BCUT2D eigenvalue weighted by molar-refractivity contribution is -0.118. The highest BCUT2D eigenvalue weighted by Gasteiger charge is 2.15. The van der Waals surface area contributed by atoms with Gasteiger partial charge in [0.15, 0.2) is 4.34 Å². The molecular weight excluding hydrogens is 390 g/mol. The lowest BCUT2D eigenvalue weighted by Crippen LogP contribution is -2.31. The summed E-state index contributed by atoms with van der Waals surface area (Å²) in [6.45, 7) is 0.778. The number of carbonyl (C=O) groups excluding carboxylic acids is 1. The summed E-state index contributed by atoms with van der Waals surface area (Å²) in [5.74, 6) is 1.02. The molecule has 0 bridgehead atoms. The van der Waals surface area contributed by atoms with Gasteiger partial charge in [0.2, 0.25) is 15.9 Å². The quantitative estimate of drug-likeness (QED) is 0.679. The molecule has 1 saturated carbocycles. The number of fused-ring (bicyclic) bond motifs is 1. The molecule has 0 saturated heterocycles. The van der Waals surface area contributed by atoms with Gasteiger partial charge < -0.3 is 5.32 Å². The molecule has 2 aromatic rings. The fraction of sp³-hybridized carbons (Fsp3) is 0.529. The number of nitrogens with one attached hydrogen (secondary N) is 2. The molecule has 9 heteroatoms. The zero-order valence-electron chi connectivity index (χ0n) is 14.7. The summed E-state index contributed by atoms with van der Waals surface area (Å²) in [6.07, 6.45) is 7.43. The van der Waals surface area contributed by atoms with Crippen LogP contribution in [-0.4, -0.2) is 37.9 Å². The van der Waals surface area contributed by atoms with Crippen LogP contribution in [0.4, 0.5) is 5.69 Å². The van der Waals surface area contributed by atoms with Gasteiger partial charge in [0.1, 0.15) is 0 Å². The Bertz CT molecular complexity index is 874. The number of hydrogen-bond acceptors (Lipinski definition) is 6. The van der Waals surface area contributed by atoms with Gasteiger partial charge in [-0.05, 0) is 37.0 Å². The maximum absolute atomic E-state index is 12.1. The minimum atomic E-state index is -3.30. The maximum atomic E-state index is 12.1. The predicted molar refractivity (Wildman–Crippen MR) is 108 cm³/mol. The number of benzene rings is 1. The Hall–Kier alpha value is -1.32. The molecule has 1 aromatic carbocycles. The zero-order valence-corrected chi connectivity index (χ0v) is 17.1. The lowest BCUT2D eigenvalue weighted by Gasteiger charge is -2.21. The molecule has 1 fully saturated rings. The van der Waals surface area contributed by atoms with Crippen molar-refractivity contribution < 1.29 is 13.2 Å². The van der Waals surface area contributed by atoms with E-state index in [0.717, 1.165) is 27.4 Å². The fourth-order valence-corrected chi connectivity index (χ4v) is 5.56. The molecule has 1 amide bonds. The van der Waals surface area contributed by atoms with Crippen molar-refractivity contribution in [3.63, 3.8) is 0 Å². The summed E-state index contributed by atoms with van der Waals surface area (Å²) in [7, 11) is -3.30. The van der Waals surface area contributed by atoms with E-state index in [2.05, 4.69) is 15.0 Å². The molecule has 1 aliphatic rings. The van der Waals surface area contributed by atoms with Crippen LogP contribution < -0.4 is 10.0 Å². The second-order valence-corrected chi connectivity index (χ2v) is 10.6. The van der Waals surface area contributed by atoms with Crippen molar-refractivity contribution in [2.24, 2.45) is 5.92 Å². The summed E-state index contributed by atoms with van der Waals surface area (Å²) in [4.78, 5) is 16.5. The highest BCUT2D eigenvalue weighted by Crippen LogP contribution is 2.31. The second-order valence-electron chi connectivity index (χ2n) is 6.63. The SMILES string of the molecule is CS(=O)(=O)Nc1ccc2nc(SCC(=O)NCC3CCCCC3)sc2c1. The van der Waals surface area contributed by atoms with E-state index >= 15 is 0 Å². The second kappa shape index (κ2) is 8.58. The topological polar surface area (TPSA) is 88.2 Å². The molecule has 0 spiro atoms. The molecule has 0 atom stereocenters. The van der Waals surface area contributed by atoms with Gasteiger partial charge in [0.25, 0.3) is 0 Å². The van der Waals surface area contributed by atoms with Gasteiger partial charge >= 0.3 is 0 Å². The first-order valence-electron chi connectivity index (χ1n) is 8.67. The average Bonchev–Trinajstić information content (AvgIpc) is 3.00. The number of thiazole rings is 1. The van der Waals surface area contributed by atoms with Gasteiger partial charge in [-0.25, -0.2) is 13.4 Å². The zero-order chi connectivity index (χ0) is 18.6. The van der Waals surface area contributed by atoms with E-state index in [9.17, 15) is 13.2 Å². The van der Waals surface area contributed by atoms with Crippen LogP contribution in [0, 0.1) is 5.92 Å². The van der Waals surface area contributed by atoms with Gasteiger partial charge in [-0.1, -0.05) is 31.0 Å². The van der Waals surface area contributed by atoms with Crippen LogP contribution in [0.25, 0.3) is 10.2 Å². The van der Waals surface area contributed by atoms with Crippen molar-refractivity contribution in [1.82, 2.24) is 10.3 Å². The van der Waals surface area contributed by atoms with Crippen LogP contribution in [-0.2, 0) is 14.8 Å². The van der Waals surface area contributed by atoms with Crippen LogP contribution >= 0.6 is 23.1 Å². The summed E-state index contributed by atoms with van der Waals surface area (Å²) in [5, 5.41) is 3.03. The smallest absolute Gasteiger partial charge is 0.230 e.